The summed E-state index contributed by atoms with van der Waals surface area (Å²) in [6.45, 7) is 10.5. The summed E-state index contributed by atoms with van der Waals surface area (Å²) in [5.74, 6) is -0.443. The quantitative estimate of drug-likeness (QED) is 0.469. The maximum Gasteiger partial charge on any atom is 0.325 e. The molecule has 1 aromatic carbocycles. The number of nitrogens with zero attached hydrogens (tertiary/aromatic N) is 3. The third kappa shape index (κ3) is 4.24. The van der Waals surface area contributed by atoms with Crippen LogP contribution in [0, 0.1) is 18.3 Å². The Bertz CT molecular complexity index is 1190. The first-order valence-corrected chi connectivity index (χ1v) is 11.6. The zero-order chi connectivity index (χ0) is 24.8. The van der Waals surface area contributed by atoms with Crippen molar-refractivity contribution in [2.75, 3.05) is 6.54 Å². The highest BCUT2D eigenvalue weighted by Gasteiger charge is 2.56. The van der Waals surface area contributed by atoms with E-state index in [0.717, 1.165) is 29.2 Å². The normalized spacial score (nSPS) is 23.9. The Balaban J connectivity index is 1.38. The molecule has 0 radical (unpaired) electrons. The maximum absolute atomic E-state index is 13.2. The number of hydrazine groups is 1. The number of hydrogen-bond donors (Lipinski definition) is 3. The fourth-order valence-electron chi connectivity index (χ4n) is 5.82. The van der Waals surface area contributed by atoms with E-state index in [1.165, 1.54) is 0 Å². The molecule has 2 heterocycles. The molecule has 1 aromatic heterocycles. The molecule has 1 aliphatic carbocycles. The van der Waals surface area contributed by atoms with Crippen LogP contribution in [0.5, 0.6) is 0 Å². The Morgan fingerprint density at radius 2 is 1.94 bits per heavy atom. The number of benzene rings is 1. The molecule has 1 aliphatic heterocycles. The van der Waals surface area contributed by atoms with Crippen LogP contribution < -0.4 is 16.2 Å². The van der Waals surface area contributed by atoms with Crippen molar-refractivity contribution in [3.8, 4) is 0 Å². The Labute approximate surface area is 198 Å². The third-order valence-corrected chi connectivity index (χ3v) is 6.76. The molecule has 2 aliphatic rings. The average Bonchev–Trinajstić information content (AvgIpc) is 3.17. The van der Waals surface area contributed by atoms with Gasteiger partial charge in [-0.15, -0.1) is 0 Å². The molecule has 2 atom stereocenters. The first-order valence-electron chi connectivity index (χ1n) is 11.6. The first kappa shape index (κ1) is 23.7. The maximum atomic E-state index is 13.2. The lowest BCUT2D eigenvalue weighted by molar-refractivity contribution is -0.137. The molecule has 10 heteroatoms. The summed E-state index contributed by atoms with van der Waals surface area (Å²) >= 11 is 0. The lowest BCUT2D eigenvalue weighted by atomic mass is 9.64. The Kier molecular flexibility index (Phi) is 5.87. The molecule has 10 nitrogen and oxygen atoms in total. The van der Waals surface area contributed by atoms with Crippen molar-refractivity contribution < 1.29 is 19.2 Å². The van der Waals surface area contributed by atoms with E-state index < -0.39 is 29.9 Å². The van der Waals surface area contributed by atoms with E-state index >= 15 is 0 Å². The summed E-state index contributed by atoms with van der Waals surface area (Å²) in [5.41, 5.74) is 5.53. The van der Waals surface area contributed by atoms with Crippen LogP contribution in [0.3, 0.4) is 0 Å². The monoisotopic (exact) mass is 468 g/mol. The second-order valence-corrected chi connectivity index (χ2v) is 10.4. The van der Waals surface area contributed by atoms with Gasteiger partial charge in [0.15, 0.2) is 0 Å². The van der Waals surface area contributed by atoms with Gasteiger partial charge in [0.25, 0.3) is 17.7 Å². The molecule has 5 amide bonds. The van der Waals surface area contributed by atoms with Crippen LogP contribution in [0.1, 0.15) is 63.1 Å². The van der Waals surface area contributed by atoms with Crippen LogP contribution in [0.4, 0.5) is 4.79 Å². The van der Waals surface area contributed by atoms with Crippen molar-refractivity contribution in [2.45, 2.75) is 66.0 Å². The summed E-state index contributed by atoms with van der Waals surface area (Å²) in [7, 11) is 0. The summed E-state index contributed by atoms with van der Waals surface area (Å²) in [6, 6.07) is 4.55. The predicted molar refractivity (Wildman–Crippen MR) is 126 cm³/mol. The molecule has 34 heavy (non-hydrogen) atoms. The number of urea groups is 1. The average molecular weight is 469 g/mol. The summed E-state index contributed by atoms with van der Waals surface area (Å²) in [4.78, 5) is 56.2. The Morgan fingerprint density at radius 3 is 2.62 bits per heavy atom. The highest BCUT2D eigenvalue weighted by Crippen LogP contribution is 2.46. The van der Waals surface area contributed by atoms with Crippen LogP contribution in [-0.4, -0.2) is 50.3 Å². The van der Waals surface area contributed by atoms with E-state index in [-0.39, 0.29) is 17.2 Å². The molecule has 0 bridgehead atoms. The Morgan fingerprint density at radius 1 is 1.21 bits per heavy atom. The van der Waals surface area contributed by atoms with Gasteiger partial charge in [-0.25, -0.2) is 9.78 Å². The minimum atomic E-state index is -0.975. The van der Waals surface area contributed by atoms with E-state index in [9.17, 15) is 19.2 Å². The molecular formula is C24H32N6O4. The molecule has 182 valence electrons. The minimum absolute atomic E-state index is 0.0978. The number of nitrogens with one attached hydrogen (secondary N) is 3. The lowest BCUT2D eigenvalue weighted by Crippen LogP contribution is -2.54. The summed E-state index contributed by atoms with van der Waals surface area (Å²) in [6.07, 6.45) is 2.04. The van der Waals surface area contributed by atoms with E-state index in [4.69, 9.17) is 0 Å². The van der Waals surface area contributed by atoms with Crippen LogP contribution in [0.15, 0.2) is 18.2 Å². The zero-order valence-corrected chi connectivity index (χ0v) is 20.3. The largest absolute Gasteiger partial charge is 0.329 e. The van der Waals surface area contributed by atoms with Crippen molar-refractivity contribution in [2.24, 2.45) is 11.3 Å². The number of hydrogen-bond acceptors (Lipinski definition) is 5. The van der Waals surface area contributed by atoms with Gasteiger partial charge >= 0.3 is 6.03 Å². The van der Waals surface area contributed by atoms with E-state index in [1.807, 2.05) is 24.5 Å². The van der Waals surface area contributed by atoms with Crippen molar-refractivity contribution in [1.82, 2.24) is 30.6 Å². The van der Waals surface area contributed by atoms with Crippen molar-refractivity contribution >= 4 is 34.8 Å². The number of aryl methyl sites for hydroxylation is 2. The van der Waals surface area contributed by atoms with E-state index in [2.05, 4.69) is 41.9 Å². The van der Waals surface area contributed by atoms with Gasteiger partial charge in [-0.05, 0) is 62.6 Å². The van der Waals surface area contributed by atoms with Crippen molar-refractivity contribution in [3.05, 3.63) is 29.6 Å². The highest BCUT2D eigenvalue weighted by atomic mass is 16.2. The fraction of sp³-hybridized carbons (Fsp3) is 0.542. The predicted octanol–water partition coefficient (Wildman–Crippen LogP) is 2.26. The topological polar surface area (TPSA) is 125 Å². The molecule has 4 rings (SSSR count). The smallest absolute Gasteiger partial charge is 0.325 e. The number of imidazole rings is 1. The number of imide groups is 1. The summed E-state index contributed by atoms with van der Waals surface area (Å²) in [5, 5.41) is 2.84. The van der Waals surface area contributed by atoms with Crippen molar-refractivity contribution in [3.63, 3.8) is 0 Å². The molecule has 0 unspecified atom stereocenters. The number of aromatic nitrogens is 2. The van der Waals surface area contributed by atoms with Crippen LogP contribution in [-0.2, 0) is 16.1 Å². The van der Waals surface area contributed by atoms with Crippen molar-refractivity contribution in [1.29, 1.82) is 0 Å². The van der Waals surface area contributed by atoms with E-state index in [1.54, 1.807) is 12.1 Å². The summed E-state index contributed by atoms with van der Waals surface area (Å²) < 4.78 is 2.04. The van der Waals surface area contributed by atoms with Crippen LogP contribution >= 0.6 is 0 Å². The number of amides is 5. The van der Waals surface area contributed by atoms with Gasteiger partial charge in [-0.3, -0.25) is 30.1 Å². The van der Waals surface area contributed by atoms with Crippen LogP contribution in [0.25, 0.3) is 11.0 Å². The van der Waals surface area contributed by atoms with Gasteiger partial charge in [0.2, 0.25) is 0 Å². The van der Waals surface area contributed by atoms with Gasteiger partial charge in [0, 0.05) is 12.1 Å². The van der Waals surface area contributed by atoms with Gasteiger partial charge in [0.05, 0.1) is 11.0 Å². The van der Waals surface area contributed by atoms with Gasteiger partial charge in [-0.1, -0.05) is 20.8 Å². The number of carbonyl (C=O) groups is 4. The second-order valence-electron chi connectivity index (χ2n) is 10.4. The molecule has 1 saturated heterocycles. The van der Waals surface area contributed by atoms with Gasteiger partial charge < -0.3 is 9.88 Å². The Hall–Kier alpha value is -3.43. The number of carbonyl (C=O) groups excluding carboxylic acids is 4. The molecule has 2 fully saturated rings. The minimum Gasteiger partial charge on any atom is -0.329 e. The lowest BCUT2D eigenvalue weighted by Gasteiger charge is -2.43. The van der Waals surface area contributed by atoms with Gasteiger partial charge in [0.1, 0.15) is 17.9 Å². The molecule has 1 spiro atoms. The third-order valence-electron chi connectivity index (χ3n) is 6.76. The van der Waals surface area contributed by atoms with Gasteiger partial charge in [-0.2, -0.15) is 0 Å². The number of fused-ring (bicyclic) bond motifs is 1. The standard InChI is InChI=1S/C24H32N6O4/c1-6-29-15(3)25-17-9-16(7-8-18(17)29)20(32)28-27-19(31)12-30-21(33)24(26-22(30)34)11-14(2)10-23(4,5)13-24/h7-9,14H,6,10-13H2,1-5H3,(H,26,34)(H,27,31)(H,28,32)/t14-,24+/m1/s1. The molecular weight excluding hydrogens is 436 g/mol. The molecule has 3 N–H and O–H groups in total. The zero-order valence-electron chi connectivity index (χ0n) is 20.3. The van der Waals surface area contributed by atoms with Crippen LogP contribution in [0.2, 0.25) is 0 Å². The molecule has 1 saturated carbocycles. The highest BCUT2D eigenvalue weighted by molar-refractivity contribution is 6.09. The SMILES string of the molecule is CCn1c(C)nc2cc(C(=O)NNC(=O)CN3C(=O)N[C@]4(C[C@H](C)CC(C)(C)C4)C3=O)ccc21. The second kappa shape index (κ2) is 8.41. The first-order chi connectivity index (χ1) is 15.9. The van der Waals surface area contributed by atoms with E-state index in [0.29, 0.717) is 23.9 Å². The number of rotatable bonds is 4. The fourth-order valence-corrected chi connectivity index (χ4v) is 5.82. The molecule has 2 aromatic rings.